The summed E-state index contributed by atoms with van der Waals surface area (Å²) < 4.78 is 2.43. The molecular formula is C74H51N3. The average Bonchev–Trinajstić information content (AvgIpc) is 4.37. The SMILES string of the molecule is C1=CC(c2ccc3c(c2)c2ccccc2n3-c2ccc(-c3ccccc3)cc2)CC=C1N(C1=CCC2C(=C1)c1ccccc1N2c1ccccc1)c1ccc2c(c1)C(=C1c3ccccc3-c3ccccc31)c1ccccc1-2. The fraction of sp³-hybridized carbons (Fsp3) is 0.0541. The van der Waals surface area contributed by atoms with Gasteiger partial charge in [0.25, 0.3) is 0 Å². The summed E-state index contributed by atoms with van der Waals surface area (Å²) >= 11 is 0. The monoisotopic (exact) mass is 981 g/mol. The van der Waals surface area contributed by atoms with Gasteiger partial charge in [0.2, 0.25) is 0 Å². The first-order chi connectivity index (χ1) is 38.2. The van der Waals surface area contributed by atoms with Gasteiger partial charge < -0.3 is 14.4 Å². The van der Waals surface area contributed by atoms with Crippen LogP contribution in [0.4, 0.5) is 17.1 Å². The third-order valence-corrected chi connectivity index (χ3v) is 16.9. The Labute approximate surface area is 449 Å². The quantitative estimate of drug-likeness (QED) is 0.158. The first-order valence-corrected chi connectivity index (χ1v) is 27.1. The smallest absolute Gasteiger partial charge is 0.0634 e. The number of rotatable bonds is 7. The topological polar surface area (TPSA) is 11.4 Å². The lowest BCUT2D eigenvalue weighted by molar-refractivity contribution is 0.814. The third kappa shape index (κ3) is 6.83. The molecule has 1 aliphatic heterocycles. The Bertz CT molecular complexity index is 4340. The number of para-hydroxylation sites is 3. The highest BCUT2D eigenvalue weighted by Crippen LogP contribution is 2.56. The highest BCUT2D eigenvalue weighted by Gasteiger charge is 2.38. The minimum absolute atomic E-state index is 0.198. The standard InChI is InChI=1S/C74H51N3/c1-3-17-48(18-4-1)49-31-38-54(39-32-49)77-69-29-15-13-24-61(69)66-45-51(35-43-71(66)77)50-33-36-53(37-34-50)75(56-41-44-72-67(46-56)62-25-14-16-30-70(62)76(72)52-19-5-2-6-20-52)55-40-42-60-59-23-9-12-28-65(59)74(68(60)47-55)73-63-26-10-7-21-57(63)58-22-8-11-27-64(58)73/h1-33,35-43,45-47,50,72H,34,44H2. The first kappa shape index (κ1) is 43.7. The number of hydrogen-bond acceptors (Lipinski definition) is 2. The van der Waals surface area contributed by atoms with Gasteiger partial charge in [-0.2, -0.15) is 0 Å². The summed E-state index contributed by atoms with van der Waals surface area (Å²) in [7, 11) is 0. The van der Waals surface area contributed by atoms with Gasteiger partial charge in [0.1, 0.15) is 0 Å². The van der Waals surface area contributed by atoms with Crippen LogP contribution in [-0.2, 0) is 0 Å². The van der Waals surface area contributed by atoms with Gasteiger partial charge in [-0.15, -0.1) is 0 Å². The van der Waals surface area contributed by atoms with E-state index in [-0.39, 0.29) is 12.0 Å². The van der Waals surface area contributed by atoms with Crippen LogP contribution < -0.4 is 9.80 Å². The van der Waals surface area contributed by atoms with Crippen LogP contribution in [0.3, 0.4) is 0 Å². The molecule has 2 atom stereocenters. The Hall–Kier alpha value is -9.70. The summed E-state index contributed by atoms with van der Waals surface area (Å²) in [6, 6.07) is 90.0. The van der Waals surface area contributed by atoms with Crippen molar-refractivity contribution in [2.75, 3.05) is 9.80 Å². The predicted octanol–water partition coefficient (Wildman–Crippen LogP) is 18.7. The Balaban J connectivity index is 0.812. The molecule has 0 amide bonds. The number of nitrogens with zero attached hydrogens (tertiary/aromatic N) is 3. The van der Waals surface area contributed by atoms with Crippen LogP contribution in [0.2, 0.25) is 0 Å². The molecule has 0 N–H and O–H groups in total. The number of anilines is 3. The molecule has 5 aliphatic rings. The molecule has 3 heteroatoms. The Kier molecular flexibility index (Phi) is 9.90. The average molecular weight is 982 g/mol. The molecule has 0 saturated heterocycles. The van der Waals surface area contributed by atoms with Crippen LogP contribution in [0.25, 0.3) is 77.6 Å². The zero-order chi connectivity index (χ0) is 50.6. The molecule has 2 unspecified atom stereocenters. The highest BCUT2D eigenvalue weighted by molar-refractivity contribution is 6.19. The van der Waals surface area contributed by atoms with Gasteiger partial charge in [0.05, 0.1) is 17.1 Å². The summed E-state index contributed by atoms with van der Waals surface area (Å²) in [4.78, 5) is 5.09. The number of hydrogen-bond donors (Lipinski definition) is 0. The number of benzene rings is 10. The van der Waals surface area contributed by atoms with E-state index in [0.29, 0.717) is 0 Å². The summed E-state index contributed by atoms with van der Waals surface area (Å²) in [5.41, 5.74) is 29.0. The van der Waals surface area contributed by atoms with E-state index in [1.807, 2.05) is 0 Å². The molecule has 10 aromatic carbocycles. The van der Waals surface area contributed by atoms with Crippen molar-refractivity contribution in [3.63, 3.8) is 0 Å². The van der Waals surface area contributed by atoms with E-state index < -0.39 is 0 Å². The van der Waals surface area contributed by atoms with E-state index in [0.717, 1.165) is 24.2 Å². The van der Waals surface area contributed by atoms with Gasteiger partial charge in [-0.05, 0) is 164 Å². The summed E-state index contributed by atoms with van der Waals surface area (Å²) in [6.45, 7) is 0. The fourth-order valence-electron chi connectivity index (χ4n) is 13.5. The third-order valence-electron chi connectivity index (χ3n) is 16.9. The largest absolute Gasteiger partial charge is 0.333 e. The van der Waals surface area contributed by atoms with Crippen LogP contribution in [-0.4, -0.2) is 10.6 Å². The Morgan fingerprint density at radius 2 is 0.961 bits per heavy atom. The maximum absolute atomic E-state index is 2.55. The second-order valence-electron chi connectivity index (χ2n) is 21.0. The number of allylic oxidation sites excluding steroid dienone is 4. The molecule has 0 fully saturated rings. The van der Waals surface area contributed by atoms with Crippen molar-refractivity contribution in [2.45, 2.75) is 24.8 Å². The molecule has 0 bridgehead atoms. The van der Waals surface area contributed by atoms with E-state index in [4.69, 9.17) is 0 Å². The van der Waals surface area contributed by atoms with E-state index in [9.17, 15) is 0 Å². The van der Waals surface area contributed by atoms with Gasteiger partial charge in [0, 0.05) is 56.4 Å². The van der Waals surface area contributed by atoms with E-state index >= 15 is 0 Å². The second kappa shape index (κ2) is 17.4. The van der Waals surface area contributed by atoms with Crippen LogP contribution in [0.5, 0.6) is 0 Å². The number of aromatic nitrogens is 1. The lowest BCUT2D eigenvalue weighted by Crippen LogP contribution is -2.30. The zero-order valence-corrected chi connectivity index (χ0v) is 42.4. The van der Waals surface area contributed by atoms with Crippen molar-refractivity contribution in [1.82, 2.24) is 4.57 Å². The predicted molar refractivity (Wildman–Crippen MR) is 322 cm³/mol. The maximum Gasteiger partial charge on any atom is 0.0634 e. The lowest BCUT2D eigenvalue weighted by atomic mass is 9.89. The lowest BCUT2D eigenvalue weighted by Gasteiger charge is -2.34. The second-order valence-corrected chi connectivity index (χ2v) is 21.0. The van der Waals surface area contributed by atoms with Crippen molar-refractivity contribution < 1.29 is 0 Å². The van der Waals surface area contributed by atoms with E-state index in [2.05, 4.69) is 287 Å². The number of fused-ring (bicyclic) bond motifs is 12. The van der Waals surface area contributed by atoms with Crippen LogP contribution in [0.15, 0.2) is 284 Å². The minimum atomic E-state index is 0.198. The maximum atomic E-state index is 2.55. The molecular weight excluding hydrogens is 931 g/mol. The van der Waals surface area contributed by atoms with Crippen molar-refractivity contribution >= 4 is 55.6 Å². The van der Waals surface area contributed by atoms with Crippen LogP contribution >= 0.6 is 0 Å². The molecule has 1 aromatic heterocycles. The summed E-state index contributed by atoms with van der Waals surface area (Å²) in [5.74, 6) is 0.217. The molecule has 0 saturated carbocycles. The van der Waals surface area contributed by atoms with E-state index in [1.165, 1.54) is 128 Å². The van der Waals surface area contributed by atoms with E-state index in [1.54, 1.807) is 0 Å². The molecule has 0 radical (unpaired) electrons. The van der Waals surface area contributed by atoms with Gasteiger partial charge in [-0.25, -0.2) is 0 Å². The van der Waals surface area contributed by atoms with Crippen molar-refractivity contribution in [2.24, 2.45) is 0 Å². The fourth-order valence-corrected chi connectivity index (χ4v) is 13.5. The summed E-state index contributed by atoms with van der Waals surface area (Å²) in [6.07, 6.45) is 14.1. The highest BCUT2D eigenvalue weighted by atomic mass is 15.2. The Morgan fingerprint density at radius 1 is 0.390 bits per heavy atom. The molecule has 77 heavy (non-hydrogen) atoms. The molecule has 11 aromatic rings. The van der Waals surface area contributed by atoms with Crippen molar-refractivity contribution in [3.8, 4) is 39.1 Å². The Morgan fingerprint density at radius 3 is 1.66 bits per heavy atom. The van der Waals surface area contributed by atoms with Gasteiger partial charge in [-0.1, -0.05) is 200 Å². The van der Waals surface area contributed by atoms with Gasteiger partial charge >= 0.3 is 0 Å². The van der Waals surface area contributed by atoms with Gasteiger partial charge in [0.15, 0.2) is 0 Å². The molecule has 4 aliphatic carbocycles. The van der Waals surface area contributed by atoms with Gasteiger partial charge in [-0.3, -0.25) is 0 Å². The molecule has 16 rings (SSSR count). The molecule has 362 valence electrons. The zero-order valence-electron chi connectivity index (χ0n) is 42.4. The van der Waals surface area contributed by atoms with Crippen LogP contribution in [0.1, 0.15) is 52.1 Å². The molecule has 0 spiro atoms. The molecule has 2 heterocycles. The normalized spacial score (nSPS) is 16.6. The summed E-state index contributed by atoms with van der Waals surface area (Å²) in [5, 5.41) is 2.55. The molecule has 3 nitrogen and oxygen atoms in total. The van der Waals surface area contributed by atoms with Crippen LogP contribution in [0, 0.1) is 0 Å². The first-order valence-electron chi connectivity index (χ1n) is 27.1. The van der Waals surface area contributed by atoms with Crippen molar-refractivity contribution in [1.29, 1.82) is 0 Å². The van der Waals surface area contributed by atoms with Crippen molar-refractivity contribution in [3.05, 3.63) is 318 Å². The minimum Gasteiger partial charge on any atom is -0.333 e.